The topological polar surface area (TPSA) is 74.0 Å². The number of hydrogen-bond donors (Lipinski definition) is 3. The molecule has 0 aliphatic heterocycles. The van der Waals surface area contributed by atoms with Crippen molar-refractivity contribution in [2.45, 2.75) is 25.8 Å². The molecule has 132 valence electrons. The lowest BCUT2D eigenvalue weighted by Crippen LogP contribution is -2.35. The Bertz CT molecular complexity index is 881. The molecule has 1 aliphatic rings. The van der Waals surface area contributed by atoms with Crippen molar-refractivity contribution >= 4 is 33.2 Å². The fourth-order valence-electron chi connectivity index (χ4n) is 2.53. The van der Waals surface area contributed by atoms with E-state index in [1.165, 1.54) is 12.1 Å². The molecule has 1 aliphatic carbocycles. The molecule has 1 unspecified atom stereocenters. The monoisotopic (exact) mass is 411 g/mol. The van der Waals surface area contributed by atoms with Crippen molar-refractivity contribution in [3.8, 4) is 0 Å². The summed E-state index contributed by atoms with van der Waals surface area (Å²) in [4.78, 5) is 26.2. The van der Waals surface area contributed by atoms with E-state index in [0.29, 0.717) is 10.4 Å². The number of pyridine rings is 1. The minimum Gasteiger partial charge on any atom is -0.350 e. The van der Waals surface area contributed by atoms with E-state index in [2.05, 4.69) is 31.5 Å². The summed E-state index contributed by atoms with van der Waals surface area (Å²) in [7, 11) is 0. The summed E-state index contributed by atoms with van der Waals surface area (Å²) in [5.41, 5.74) is -1.49. The fourth-order valence-corrected chi connectivity index (χ4v) is 2.86. The van der Waals surface area contributed by atoms with Gasteiger partial charge in [-0.15, -0.1) is 0 Å². The number of aromatic nitrogens is 1. The van der Waals surface area contributed by atoms with E-state index >= 15 is 0 Å². The number of amides is 1. The van der Waals surface area contributed by atoms with Crippen LogP contribution in [0.4, 0.5) is 20.2 Å². The van der Waals surface area contributed by atoms with Gasteiger partial charge < -0.3 is 15.6 Å². The van der Waals surface area contributed by atoms with Crippen LogP contribution in [-0.4, -0.2) is 16.9 Å². The van der Waals surface area contributed by atoms with Crippen LogP contribution in [0.5, 0.6) is 0 Å². The molecule has 25 heavy (non-hydrogen) atoms. The highest BCUT2D eigenvalue weighted by Gasteiger charge is 2.30. The molecule has 0 bridgehead atoms. The minimum absolute atomic E-state index is 0.0445. The number of hydrogen-bond acceptors (Lipinski definition) is 3. The van der Waals surface area contributed by atoms with Crippen molar-refractivity contribution in [2.24, 2.45) is 5.92 Å². The molecule has 1 saturated carbocycles. The molecule has 1 atom stereocenters. The van der Waals surface area contributed by atoms with E-state index < -0.39 is 23.1 Å². The van der Waals surface area contributed by atoms with Crippen LogP contribution in [0.2, 0.25) is 0 Å². The largest absolute Gasteiger partial charge is 0.350 e. The van der Waals surface area contributed by atoms with Gasteiger partial charge in [0.25, 0.3) is 11.5 Å². The number of nitrogens with one attached hydrogen (secondary N) is 3. The smallest absolute Gasteiger partial charge is 0.286 e. The van der Waals surface area contributed by atoms with Crippen LogP contribution in [-0.2, 0) is 0 Å². The molecule has 0 saturated heterocycles. The van der Waals surface area contributed by atoms with E-state index in [4.69, 9.17) is 0 Å². The molecule has 1 aromatic carbocycles. The molecule has 8 heteroatoms. The zero-order valence-corrected chi connectivity index (χ0v) is 14.9. The summed E-state index contributed by atoms with van der Waals surface area (Å²) in [6.07, 6.45) is 3.20. The van der Waals surface area contributed by atoms with E-state index in [1.54, 1.807) is 6.07 Å². The number of anilines is 2. The van der Waals surface area contributed by atoms with Gasteiger partial charge in [-0.3, -0.25) is 9.59 Å². The first-order valence-electron chi connectivity index (χ1n) is 7.81. The Hall–Kier alpha value is -2.22. The second-order valence-corrected chi connectivity index (χ2v) is 6.98. The number of carbonyl (C=O) groups is 1. The van der Waals surface area contributed by atoms with Crippen molar-refractivity contribution in [1.82, 2.24) is 10.3 Å². The van der Waals surface area contributed by atoms with Crippen LogP contribution in [0.25, 0.3) is 0 Å². The second kappa shape index (κ2) is 6.95. The molecular weight excluding hydrogens is 396 g/mol. The Morgan fingerprint density at radius 2 is 2.08 bits per heavy atom. The Kier molecular flexibility index (Phi) is 4.89. The van der Waals surface area contributed by atoms with Gasteiger partial charge in [0.05, 0.1) is 16.9 Å². The highest BCUT2D eigenvalue weighted by atomic mass is 79.9. The van der Waals surface area contributed by atoms with Crippen LogP contribution >= 0.6 is 15.9 Å². The van der Waals surface area contributed by atoms with Crippen molar-refractivity contribution < 1.29 is 13.6 Å². The Morgan fingerprint density at radius 1 is 1.36 bits per heavy atom. The van der Waals surface area contributed by atoms with Gasteiger partial charge in [0, 0.05) is 16.7 Å². The minimum atomic E-state index is -1.17. The predicted molar refractivity (Wildman–Crippen MR) is 94.1 cm³/mol. The van der Waals surface area contributed by atoms with Crippen molar-refractivity contribution in [2.75, 3.05) is 5.32 Å². The molecule has 3 N–H and O–H groups in total. The number of halogens is 3. The summed E-state index contributed by atoms with van der Waals surface area (Å²) in [5.74, 6) is -1.94. The molecule has 0 spiro atoms. The van der Waals surface area contributed by atoms with Crippen molar-refractivity contribution in [1.29, 1.82) is 0 Å². The van der Waals surface area contributed by atoms with E-state index in [1.807, 2.05) is 6.92 Å². The lowest BCUT2D eigenvalue weighted by Gasteiger charge is -2.16. The van der Waals surface area contributed by atoms with Gasteiger partial charge >= 0.3 is 0 Å². The van der Waals surface area contributed by atoms with Gasteiger partial charge in [0.2, 0.25) is 5.82 Å². The Labute approximate surface area is 151 Å². The first kappa shape index (κ1) is 17.6. The SMILES string of the molecule is CC(NC(=O)c1c[nH]c(=O)c(F)c1Nc1ccc(Br)cc1F)C1CC1. The maximum absolute atomic E-state index is 14.3. The van der Waals surface area contributed by atoms with Crippen LogP contribution < -0.4 is 16.2 Å². The number of H-pyrrole nitrogens is 1. The maximum Gasteiger partial charge on any atom is 0.286 e. The van der Waals surface area contributed by atoms with Crippen LogP contribution in [0.3, 0.4) is 0 Å². The summed E-state index contributed by atoms with van der Waals surface area (Å²) >= 11 is 3.13. The van der Waals surface area contributed by atoms with Gasteiger partial charge in [0.1, 0.15) is 5.82 Å². The zero-order valence-electron chi connectivity index (χ0n) is 13.3. The number of carbonyl (C=O) groups excluding carboxylic acids is 1. The standard InChI is InChI=1S/C17H16BrF2N3O2/c1-8(9-2-3-9)22-16(24)11-7-21-17(25)14(20)15(11)23-13-5-4-10(18)6-12(13)19/h4-9H,2-3H2,1H3,(H,22,24)(H2,21,23,25). The Morgan fingerprint density at radius 3 is 2.72 bits per heavy atom. The molecule has 1 amide bonds. The molecule has 1 fully saturated rings. The highest BCUT2D eigenvalue weighted by molar-refractivity contribution is 9.10. The molecule has 5 nitrogen and oxygen atoms in total. The number of rotatable bonds is 5. The van der Waals surface area contributed by atoms with Gasteiger partial charge in [-0.05, 0) is 43.9 Å². The first-order chi connectivity index (χ1) is 11.9. The molecule has 3 rings (SSSR count). The summed E-state index contributed by atoms with van der Waals surface area (Å²) in [6, 6.07) is 4.09. The van der Waals surface area contributed by atoms with Crippen LogP contribution in [0, 0.1) is 17.6 Å². The first-order valence-corrected chi connectivity index (χ1v) is 8.60. The maximum atomic E-state index is 14.3. The number of benzene rings is 1. The predicted octanol–water partition coefficient (Wildman–Crippen LogP) is 3.69. The molecular formula is C17H16BrF2N3O2. The third-order valence-electron chi connectivity index (χ3n) is 4.16. The summed E-state index contributed by atoms with van der Waals surface area (Å²) in [6.45, 7) is 1.87. The van der Waals surface area contributed by atoms with Gasteiger partial charge in [-0.2, -0.15) is 4.39 Å². The van der Waals surface area contributed by atoms with Crippen molar-refractivity contribution in [3.63, 3.8) is 0 Å². The van der Waals surface area contributed by atoms with E-state index in [0.717, 1.165) is 19.0 Å². The normalized spacial score (nSPS) is 14.9. The third-order valence-corrected chi connectivity index (χ3v) is 4.65. The number of aromatic amines is 1. The quantitative estimate of drug-likeness (QED) is 0.702. The Balaban J connectivity index is 1.94. The molecule has 1 heterocycles. The fraction of sp³-hybridized carbons (Fsp3) is 0.294. The van der Waals surface area contributed by atoms with Gasteiger partial charge in [-0.25, -0.2) is 4.39 Å². The summed E-state index contributed by atoms with van der Waals surface area (Å²) < 4.78 is 28.8. The van der Waals surface area contributed by atoms with E-state index in [9.17, 15) is 18.4 Å². The van der Waals surface area contributed by atoms with Gasteiger partial charge in [0.15, 0.2) is 0 Å². The average Bonchev–Trinajstić information content (AvgIpc) is 3.39. The van der Waals surface area contributed by atoms with Gasteiger partial charge in [-0.1, -0.05) is 15.9 Å². The van der Waals surface area contributed by atoms with Crippen LogP contribution in [0.15, 0.2) is 33.7 Å². The molecule has 1 aromatic heterocycles. The second-order valence-electron chi connectivity index (χ2n) is 6.07. The zero-order chi connectivity index (χ0) is 18.1. The third kappa shape index (κ3) is 3.89. The molecule has 2 aromatic rings. The van der Waals surface area contributed by atoms with Crippen LogP contribution in [0.1, 0.15) is 30.1 Å². The average molecular weight is 412 g/mol. The highest BCUT2D eigenvalue weighted by Crippen LogP contribution is 2.33. The lowest BCUT2D eigenvalue weighted by molar-refractivity contribution is 0.0936. The van der Waals surface area contributed by atoms with Crippen molar-refractivity contribution in [3.05, 3.63) is 56.4 Å². The lowest BCUT2D eigenvalue weighted by atomic mass is 10.1. The van der Waals surface area contributed by atoms with E-state index in [-0.39, 0.29) is 23.0 Å². The summed E-state index contributed by atoms with van der Waals surface area (Å²) in [5, 5.41) is 5.31. The molecule has 0 radical (unpaired) electrons.